The minimum atomic E-state index is -3.85. The van der Waals surface area contributed by atoms with Crippen LogP contribution in [0.15, 0.2) is 0 Å². The third-order valence-electron chi connectivity index (χ3n) is 8.71. The van der Waals surface area contributed by atoms with E-state index in [1.165, 1.54) is 0 Å². The van der Waals surface area contributed by atoms with E-state index in [1.807, 2.05) is 0 Å². The molecule has 3 unspecified atom stereocenters. The maximum Gasteiger partial charge on any atom is 0.348 e. The summed E-state index contributed by atoms with van der Waals surface area (Å²) < 4.78 is 42.5. The number of aliphatic hydroxyl groups is 9. The number of nitrogens with two attached hydrogens (primary N) is 3. The Hall–Kier alpha value is -2.27. The average Bonchev–Trinajstić information content (AvgIpc) is 3.00. The molecule has 2 bridgehead atoms. The molecule has 23 heteroatoms. The molecule has 0 aliphatic carbocycles. The molecular weight excluding hydrogens is 650 g/mol. The van der Waals surface area contributed by atoms with Gasteiger partial charge >= 0.3 is 35.3 Å². The molecule has 5 aliphatic heterocycles. The zero-order valence-electron chi connectivity index (χ0n) is 24.2. The smallest absolute Gasteiger partial charge is 0.348 e. The van der Waals surface area contributed by atoms with Crippen LogP contribution in [0.5, 0.6) is 0 Å². The molecule has 5 fully saturated rings. The molecule has 0 saturated carbocycles. The normalized spacial score (nSPS) is 52.0. The molecule has 0 aromatic rings. The van der Waals surface area contributed by atoms with E-state index in [0.717, 1.165) is 0 Å². The number of fused-ring (bicyclic) bond motifs is 2. The number of esters is 3. The maximum absolute atomic E-state index is 12.9. The second kappa shape index (κ2) is 12.6. The van der Waals surface area contributed by atoms with Crippen LogP contribution in [-0.4, -0.2) is 180 Å². The highest BCUT2D eigenvalue weighted by Gasteiger charge is 2.81. The van der Waals surface area contributed by atoms with E-state index in [1.54, 1.807) is 0 Å². The van der Waals surface area contributed by atoms with Crippen LogP contribution in [0, 0.1) is 0 Å². The average molecular weight is 688 g/mol. The number of carbonyl (C=O) groups excluding carboxylic acids is 3. The summed E-state index contributed by atoms with van der Waals surface area (Å²) in [4.78, 5) is 38.3. The molecule has 5 heterocycles. The van der Waals surface area contributed by atoms with Crippen LogP contribution in [0.25, 0.3) is 0 Å². The zero-order chi connectivity index (χ0) is 34.9. The van der Waals surface area contributed by atoms with Crippen LogP contribution in [0.2, 0.25) is 0 Å². The van der Waals surface area contributed by atoms with Crippen LogP contribution in [0.1, 0.15) is 12.8 Å². The van der Waals surface area contributed by atoms with E-state index in [0.29, 0.717) is 0 Å². The van der Waals surface area contributed by atoms with Crippen LogP contribution in [0.3, 0.4) is 0 Å². The minimum absolute atomic E-state index is 0.770. The SMILES string of the molecule is N[C@H]1[C@H](OC2[C@@H](CO)O[C@@H](O)[C@H](N)[C@H]2O)O[C@H](CO)C(O[C@H]2O[C@]3(CO)OC(=O)CC4(O)CC(=O)O[C@](O)([C@@H]2N)[C@]3(O)OC4=O)[C@@H]1O. The quantitative estimate of drug-likeness (QED) is 0.0872. The van der Waals surface area contributed by atoms with Gasteiger partial charge in [0.25, 0.3) is 0 Å². The fraction of sp³-hybridized carbons (Fsp3) is 0.875. The summed E-state index contributed by atoms with van der Waals surface area (Å²) in [7, 11) is 0. The van der Waals surface area contributed by atoms with Crippen LogP contribution < -0.4 is 17.2 Å². The number of hydrogen-bond donors (Lipinski definition) is 12. The van der Waals surface area contributed by atoms with E-state index in [2.05, 4.69) is 0 Å². The first-order chi connectivity index (χ1) is 21.9. The molecule has 5 saturated heterocycles. The Balaban J connectivity index is 1.44. The first kappa shape index (κ1) is 36.0. The van der Waals surface area contributed by atoms with Crippen molar-refractivity contribution in [3.8, 4) is 0 Å². The highest BCUT2D eigenvalue weighted by atomic mass is 16.9. The highest BCUT2D eigenvalue weighted by molar-refractivity contribution is 5.91. The lowest BCUT2D eigenvalue weighted by Gasteiger charge is -2.58. The van der Waals surface area contributed by atoms with Crippen molar-refractivity contribution in [3.63, 3.8) is 0 Å². The van der Waals surface area contributed by atoms with Crippen LogP contribution in [-0.2, 0) is 52.3 Å². The van der Waals surface area contributed by atoms with Gasteiger partial charge in [-0.1, -0.05) is 0 Å². The molecule has 5 rings (SSSR count). The summed E-state index contributed by atoms with van der Waals surface area (Å²) >= 11 is 0. The third-order valence-corrected chi connectivity index (χ3v) is 8.71. The van der Waals surface area contributed by atoms with E-state index in [9.17, 15) is 60.3 Å². The molecule has 0 aromatic carbocycles. The predicted octanol–water partition coefficient (Wildman–Crippen LogP) is -9.52. The van der Waals surface area contributed by atoms with Crippen molar-refractivity contribution in [1.29, 1.82) is 0 Å². The van der Waals surface area contributed by atoms with Gasteiger partial charge in [0.1, 0.15) is 49.3 Å². The van der Waals surface area contributed by atoms with Crippen LogP contribution >= 0.6 is 0 Å². The van der Waals surface area contributed by atoms with Gasteiger partial charge in [-0.2, -0.15) is 0 Å². The largest absolute Gasteiger partial charge is 0.423 e. The van der Waals surface area contributed by atoms with Crippen molar-refractivity contribution < 1.29 is 98.2 Å². The third kappa shape index (κ3) is 5.59. The molecule has 268 valence electrons. The van der Waals surface area contributed by atoms with E-state index in [-0.39, 0.29) is 0 Å². The summed E-state index contributed by atoms with van der Waals surface area (Å²) in [6, 6.07) is -5.37. The predicted molar refractivity (Wildman–Crippen MR) is 136 cm³/mol. The molecule has 15 N–H and O–H groups in total. The minimum Gasteiger partial charge on any atom is -0.423 e. The standard InChI is InChI=1S/C24H37N3O20/c25-10-12(33)14(6(3-28)40-17(10)35)42-18-11(26)13(34)15(7(4-29)41-18)43-19-16(27)23(38)24(39)22(5-30,46-19)44-8(31)1-21(37,20(36)47-24)2-9(32)45-23/h6-7,10-19,28-30,33-35,37-39H,1-5,25-27H2/t6-,7-,10-,11-,12-,13-,14?,15?,16-,17-,18+,19+,21?,22+,23-,24-/m1/s1. The Kier molecular flexibility index (Phi) is 9.63. The topological polar surface area (TPSA) is 385 Å². The molecule has 0 spiro atoms. The summed E-state index contributed by atoms with van der Waals surface area (Å²) in [5.41, 5.74) is 15.0. The Labute approximate surface area is 263 Å². The monoisotopic (exact) mass is 687 g/mol. The van der Waals surface area contributed by atoms with Gasteiger partial charge in [-0.25, -0.2) is 4.79 Å². The fourth-order valence-corrected chi connectivity index (χ4v) is 6.00. The number of aliphatic hydroxyl groups excluding tert-OH is 6. The lowest BCUT2D eigenvalue weighted by Crippen LogP contribution is -2.86. The van der Waals surface area contributed by atoms with Crippen molar-refractivity contribution in [1.82, 2.24) is 0 Å². The zero-order valence-corrected chi connectivity index (χ0v) is 24.2. The van der Waals surface area contributed by atoms with Crippen molar-refractivity contribution >= 4 is 17.9 Å². The van der Waals surface area contributed by atoms with E-state index >= 15 is 0 Å². The first-order valence-electron chi connectivity index (χ1n) is 14.2. The molecule has 0 radical (unpaired) electrons. The first-order valence-corrected chi connectivity index (χ1v) is 14.2. The van der Waals surface area contributed by atoms with Gasteiger partial charge in [-0.15, -0.1) is 0 Å². The molecule has 23 nitrogen and oxygen atoms in total. The Bertz CT molecular complexity index is 1200. The number of ether oxygens (including phenoxy) is 8. The van der Waals surface area contributed by atoms with Gasteiger partial charge in [0.2, 0.25) is 0 Å². The van der Waals surface area contributed by atoms with Crippen molar-refractivity contribution in [2.75, 3.05) is 19.8 Å². The molecule has 47 heavy (non-hydrogen) atoms. The molecular formula is C24H37N3O20. The highest BCUT2D eigenvalue weighted by Crippen LogP contribution is 2.50. The number of carbonyl (C=O) groups is 3. The van der Waals surface area contributed by atoms with Gasteiger partial charge in [0.15, 0.2) is 24.5 Å². The Morgan fingerprint density at radius 3 is 1.85 bits per heavy atom. The molecule has 0 aromatic heterocycles. The molecule has 0 amide bonds. The Morgan fingerprint density at radius 1 is 0.745 bits per heavy atom. The summed E-state index contributed by atoms with van der Waals surface area (Å²) in [6.45, 7) is -3.38. The van der Waals surface area contributed by atoms with E-state index in [4.69, 9.17) is 55.1 Å². The number of hydrogen-bond acceptors (Lipinski definition) is 23. The summed E-state index contributed by atoms with van der Waals surface area (Å²) in [5.74, 6) is -15.8. The van der Waals surface area contributed by atoms with Gasteiger partial charge in [-0.3, -0.25) is 9.59 Å². The van der Waals surface area contributed by atoms with Gasteiger partial charge in [0, 0.05) is 0 Å². The summed E-state index contributed by atoms with van der Waals surface area (Å²) in [6.07, 6.45) is -18.0. The maximum atomic E-state index is 12.9. The second-order valence-corrected chi connectivity index (χ2v) is 11.8. The van der Waals surface area contributed by atoms with Crippen molar-refractivity contribution in [2.24, 2.45) is 17.2 Å². The number of rotatable bonds is 7. The van der Waals surface area contributed by atoms with Gasteiger partial charge in [0.05, 0.1) is 38.1 Å². The van der Waals surface area contributed by atoms with Gasteiger partial charge in [-0.05, 0) is 0 Å². The van der Waals surface area contributed by atoms with Gasteiger partial charge < -0.3 is 101 Å². The van der Waals surface area contributed by atoms with Crippen molar-refractivity contribution in [3.05, 3.63) is 0 Å². The summed E-state index contributed by atoms with van der Waals surface area (Å²) in [5, 5.41) is 95.3. The molecule has 5 aliphatic rings. The van der Waals surface area contributed by atoms with E-state index < -0.39 is 147 Å². The second-order valence-electron chi connectivity index (χ2n) is 11.8. The lowest BCUT2D eigenvalue weighted by molar-refractivity contribution is -0.522. The lowest BCUT2D eigenvalue weighted by atomic mass is 9.83. The van der Waals surface area contributed by atoms with Crippen LogP contribution in [0.4, 0.5) is 0 Å². The molecule has 16 atom stereocenters. The Morgan fingerprint density at radius 2 is 1.28 bits per heavy atom. The van der Waals surface area contributed by atoms with Crippen molar-refractivity contribution in [2.45, 2.75) is 109 Å². The fourth-order valence-electron chi connectivity index (χ4n) is 6.00.